The van der Waals surface area contributed by atoms with Crippen molar-refractivity contribution in [2.24, 2.45) is 0 Å². The highest BCUT2D eigenvalue weighted by Gasteiger charge is 2.35. The molecule has 2 aliphatic rings. The summed E-state index contributed by atoms with van der Waals surface area (Å²) in [5.41, 5.74) is 0.690. The molecule has 0 saturated heterocycles. The highest BCUT2D eigenvalue weighted by Crippen LogP contribution is 2.32. The fourth-order valence-corrected chi connectivity index (χ4v) is 1.71. The van der Waals surface area contributed by atoms with Crippen molar-refractivity contribution in [2.75, 3.05) is 13.2 Å². The quantitative estimate of drug-likeness (QED) is 0.705. The molecule has 90 valence electrons. The summed E-state index contributed by atoms with van der Waals surface area (Å²) in [7, 11) is -1.31. The SMILES string of the molecule is O=C(O)COC1=C(F)C2=C(CC=C1)COB2O. The summed E-state index contributed by atoms with van der Waals surface area (Å²) in [5.74, 6) is -2.15. The average molecular weight is 240 g/mol. The van der Waals surface area contributed by atoms with Gasteiger partial charge in [-0.05, 0) is 18.1 Å². The molecule has 0 aromatic carbocycles. The molecule has 0 radical (unpaired) electrons. The Balaban J connectivity index is 2.27. The molecule has 7 heteroatoms. The van der Waals surface area contributed by atoms with Crippen LogP contribution in [0.15, 0.2) is 34.8 Å². The van der Waals surface area contributed by atoms with Gasteiger partial charge in [-0.2, -0.15) is 0 Å². The van der Waals surface area contributed by atoms with Crippen LogP contribution in [0.5, 0.6) is 0 Å². The molecule has 1 aliphatic heterocycles. The van der Waals surface area contributed by atoms with Crippen molar-refractivity contribution in [3.63, 3.8) is 0 Å². The van der Waals surface area contributed by atoms with E-state index >= 15 is 0 Å². The first-order valence-electron chi connectivity index (χ1n) is 5.02. The van der Waals surface area contributed by atoms with Gasteiger partial charge in [0, 0.05) is 5.47 Å². The Morgan fingerprint density at radius 3 is 3.12 bits per heavy atom. The van der Waals surface area contributed by atoms with Gasteiger partial charge < -0.3 is 19.5 Å². The summed E-state index contributed by atoms with van der Waals surface area (Å²) < 4.78 is 23.7. The number of halogens is 1. The lowest BCUT2D eigenvalue weighted by Gasteiger charge is -2.07. The second-order valence-electron chi connectivity index (χ2n) is 3.65. The monoisotopic (exact) mass is 240 g/mol. The van der Waals surface area contributed by atoms with Crippen LogP contribution in [0.1, 0.15) is 6.42 Å². The summed E-state index contributed by atoms with van der Waals surface area (Å²) in [6.07, 6.45) is 3.45. The first-order valence-corrected chi connectivity index (χ1v) is 5.02. The Bertz CT molecular complexity index is 440. The van der Waals surface area contributed by atoms with E-state index in [9.17, 15) is 14.2 Å². The molecule has 0 aromatic rings. The van der Waals surface area contributed by atoms with E-state index in [4.69, 9.17) is 14.5 Å². The smallest absolute Gasteiger partial charge is 0.479 e. The number of ether oxygens (including phenoxy) is 1. The molecule has 2 N–H and O–H groups in total. The third kappa shape index (κ3) is 2.40. The summed E-state index contributed by atoms with van der Waals surface area (Å²) >= 11 is 0. The molecule has 0 spiro atoms. The van der Waals surface area contributed by atoms with Gasteiger partial charge in [0.05, 0.1) is 6.61 Å². The van der Waals surface area contributed by atoms with E-state index in [0.29, 0.717) is 12.0 Å². The van der Waals surface area contributed by atoms with Crippen molar-refractivity contribution < 1.29 is 28.7 Å². The Morgan fingerprint density at radius 2 is 2.41 bits per heavy atom. The predicted octanol–water partition coefficient (Wildman–Crippen LogP) is 0.575. The third-order valence-electron chi connectivity index (χ3n) is 2.48. The molecule has 0 atom stereocenters. The van der Waals surface area contributed by atoms with E-state index < -0.39 is 25.5 Å². The normalized spacial score (nSPS) is 19.5. The van der Waals surface area contributed by atoms with Gasteiger partial charge in [-0.15, -0.1) is 0 Å². The van der Waals surface area contributed by atoms with E-state index in [2.05, 4.69) is 0 Å². The number of carbonyl (C=O) groups is 1. The highest BCUT2D eigenvalue weighted by molar-refractivity contribution is 6.54. The number of hydrogen-bond acceptors (Lipinski definition) is 4. The van der Waals surface area contributed by atoms with Gasteiger partial charge in [0.1, 0.15) is 0 Å². The van der Waals surface area contributed by atoms with Crippen LogP contribution in [0, 0.1) is 0 Å². The number of carboxylic acid groups (broad SMARTS) is 1. The van der Waals surface area contributed by atoms with Crippen molar-refractivity contribution in [1.29, 1.82) is 0 Å². The fraction of sp³-hybridized carbons (Fsp3) is 0.300. The molecular weight excluding hydrogens is 230 g/mol. The second kappa shape index (κ2) is 4.73. The Morgan fingerprint density at radius 1 is 1.65 bits per heavy atom. The van der Waals surface area contributed by atoms with E-state index in [1.165, 1.54) is 6.08 Å². The molecule has 0 bridgehead atoms. The van der Waals surface area contributed by atoms with Crippen molar-refractivity contribution in [2.45, 2.75) is 6.42 Å². The number of allylic oxidation sites excluding steroid dienone is 4. The molecule has 5 nitrogen and oxygen atoms in total. The second-order valence-corrected chi connectivity index (χ2v) is 3.65. The zero-order chi connectivity index (χ0) is 12.4. The lowest BCUT2D eigenvalue weighted by Crippen LogP contribution is -2.17. The zero-order valence-electron chi connectivity index (χ0n) is 8.85. The molecule has 0 unspecified atom stereocenters. The number of carboxylic acids is 1. The van der Waals surface area contributed by atoms with Gasteiger partial charge >= 0.3 is 13.1 Å². The van der Waals surface area contributed by atoms with Crippen LogP contribution in [0.2, 0.25) is 0 Å². The Hall–Kier alpha value is -1.60. The number of hydrogen-bond donors (Lipinski definition) is 2. The predicted molar refractivity (Wildman–Crippen MR) is 56.4 cm³/mol. The first kappa shape index (κ1) is 11.9. The van der Waals surface area contributed by atoms with Crippen LogP contribution in [0.3, 0.4) is 0 Å². The molecule has 0 fully saturated rings. The molecule has 1 heterocycles. The zero-order valence-corrected chi connectivity index (χ0v) is 8.85. The van der Waals surface area contributed by atoms with E-state index in [1.807, 2.05) is 0 Å². The summed E-state index contributed by atoms with van der Waals surface area (Å²) in [6, 6.07) is 0. The molecule has 0 saturated carbocycles. The van der Waals surface area contributed by atoms with Crippen LogP contribution >= 0.6 is 0 Å². The molecule has 1 aliphatic carbocycles. The maximum absolute atomic E-state index is 14.0. The fourth-order valence-electron chi connectivity index (χ4n) is 1.71. The van der Waals surface area contributed by atoms with Gasteiger partial charge in [-0.1, -0.05) is 6.08 Å². The van der Waals surface area contributed by atoms with Gasteiger partial charge in [0.2, 0.25) is 0 Å². The minimum atomic E-state index is -1.31. The maximum Gasteiger partial charge on any atom is 0.494 e. The molecule has 0 aromatic heterocycles. The molecular formula is C10H10BFO5. The Kier molecular flexibility index (Phi) is 3.30. The van der Waals surface area contributed by atoms with Crippen LogP contribution in [-0.4, -0.2) is 36.4 Å². The summed E-state index contributed by atoms with van der Waals surface area (Å²) in [6.45, 7) is -0.465. The van der Waals surface area contributed by atoms with Crippen molar-refractivity contribution in [3.05, 3.63) is 34.8 Å². The van der Waals surface area contributed by atoms with Crippen molar-refractivity contribution in [1.82, 2.24) is 0 Å². The molecule has 2 rings (SSSR count). The summed E-state index contributed by atoms with van der Waals surface area (Å²) in [4.78, 5) is 10.3. The summed E-state index contributed by atoms with van der Waals surface area (Å²) in [5, 5.41) is 17.9. The van der Waals surface area contributed by atoms with Crippen molar-refractivity contribution >= 4 is 13.1 Å². The largest absolute Gasteiger partial charge is 0.494 e. The standard InChI is InChI=1S/C10H10BFO5/c12-10-7(16-5-8(13)14)3-1-2-6-4-17-11(15)9(6)10/h1,3,15H,2,4-5H2,(H,13,14). The van der Waals surface area contributed by atoms with Crippen LogP contribution < -0.4 is 0 Å². The van der Waals surface area contributed by atoms with E-state index in [1.54, 1.807) is 6.08 Å². The number of rotatable bonds is 3. The maximum atomic E-state index is 14.0. The van der Waals surface area contributed by atoms with Crippen LogP contribution in [-0.2, 0) is 14.2 Å². The third-order valence-corrected chi connectivity index (χ3v) is 2.48. The van der Waals surface area contributed by atoms with Crippen LogP contribution in [0.4, 0.5) is 4.39 Å². The van der Waals surface area contributed by atoms with Crippen LogP contribution in [0.25, 0.3) is 0 Å². The first-order chi connectivity index (χ1) is 8.09. The van der Waals surface area contributed by atoms with Gasteiger partial charge in [-0.25, -0.2) is 9.18 Å². The molecule has 17 heavy (non-hydrogen) atoms. The molecule has 0 amide bonds. The van der Waals surface area contributed by atoms with Gasteiger partial charge in [0.25, 0.3) is 0 Å². The lowest BCUT2D eigenvalue weighted by atomic mass is 9.77. The van der Waals surface area contributed by atoms with Crippen molar-refractivity contribution in [3.8, 4) is 0 Å². The minimum Gasteiger partial charge on any atom is -0.479 e. The van der Waals surface area contributed by atoms with E-state index in [-0.39, 0.29) is 17.8 Å². The Labute approximate surface area is 97.0 Å². The average Bonchev–Trinajstić information content (AvgIpc) is 2.55. The number of aliphatic carboxylic acids is 1. The highest BCUT2D eigenvalue weighted by atomic mass is 19.1. The van der Waals surface area contributed by atoms with Gasteiger partial charge in [0.15, 0.2) is 18.2 Å². The lowest BCUT2D eigenvalue weighted by molar-refractivity contribution is -0.140. The minimum absolute atomic E-state index is 0.0513. The topological polar surface area (TPSA) is 76.0 Å². The van der Waals surface area contributed by atoms with E-state index in [0.717, 1.165) is 0 Å². The van der Waals surface area contributed by atoms with Gasteiger partial charge in [-0.3, -0.25) is 0 Å².